The van der Waals surface area contributed by atoms with Gasteiger partial charge in [-0.05, 0) is 30.5 Å². The molecular weight excluding hydrogens is 375 g/mol. The number of amides is 1. The van der Waals surface area contributed by atoms with Crippen LogP contribution in [0.4, 0.5) is 4.39 Å². The second kappa shape index (κ2) is 8.10. The Morgan fingerprint density at radius 3 is 2.62 bits per heavy atom. The van der Waals surface area contributed by atoms with Crippen molar-refractivity contribution in [2.75, 3.05) is 13.1 Å². The van der Waals surface area contributed by atoms with Gasteiger partial charge >= 0.3 is 0 Å². The minimum atomic E-state index is -0.296. The van der Waals surface area contributed by atoms with Crippen LogP contribution in [0.15, 0.2) is 35.0 Å². The number of carbonyl (C=O) groups is 1. The van der Waals surface area contributed by atoms with Gasteiger partial charge in [-0.15, -0.1) is 5.10 Å². The normalized spacial score (nSPS) is 15.2. The average Bonchev–Trinajstić information content (AvgIpc) is 3.39. The quantitative estimate of drug-likeness (QED) is 0.656. The number of rotatable bonds is 5. The highest BCUT2D eigenvalue weighted by Crippen LogP contribution is 2.24. The van der Waals surface area contributed by atoms with Crippen molar-refractivity contribution in [3.63, 3.8) is 0 Å². The van der Waals surface area contributed by atoms with Crippen molar-refractivity contribution in [3.8, 4) is 11.6 Å². The average molecular weight is 398 g/mol. The number of benzene rings is 1. The Labute approximate surface area is 167 Å². The molecule has 152 valence electrons. The maximum Gasteiger partial charge on any atom is 0.280 e. The number of hydrogen-bond donors (Lipinski definition) is 0. The van der Waals surface area contributed by atoms with Crippen LogP contribution in [0, 0.1) is 5.82 Å². The molecule has 0 unspecified atom stereocenters. The van der Waals surface area contributed by atoms with Crippen LogP contribution in [0.3, 0.4) is 0 Å². The molecule has 0 N–H and O–H groups in total. The van der Waals surface area contributed by atoms with Crippen molar-refractivity contribution in [2.24, 2.45) is 0 Å². The minimum Gasteiger partial charge on any atom is -0.342 e. The summed E-state index contributed by atoms with van der Waals surface area (Å²) in [5.74, 6) is 0.949. The van der Waals surface area contributed by atoms with E-state index in [1.807, 2.05) is 29.6 Å². The van der Waals surface area contributed by atoms with Crippen LogP contribution in [-0.4, -0.2) is 49.0 Å². The summed E-state index contributed by atoms with van der Waals surface area (Å²) in [4.78, 5) is 18.7. The predicted octanol–water partition coefficient (Wildman–Crippen LogP) is 3.00. The van der Waals surface area contributed by atoms with Crippen LogP contribution < -0.4 is 0 Å². The van der Waals surface area contributed by atoms with Gasteiger partial charge in [-0.1, -0.05) is 36.4 Å². The molecule has 3 heterocycles. The van der Waals surface area contributed by atoms with E-state index in [1.165, 1.54) is 12.1 Å². The van der Waals surface area contributed by atoms with Crippen LogP contribution >= 0.6 is 0 Å². The molecule has 2 aromatic heterocycles. The van der Waals surface area contributed by atoms with Crippen molar-refractivity contribution < 1.29 is 13.7 Å². The largest absolute Gasteiger partial charge is 0.342 e. The number of hydrogen-bond acceptors (Lipinski definition) is 6. The van der Waals surface area contributed by atoms with E-state index < -0.39 is 0 Å². The lowest BCUT2D eigenvalue weighted by Gasteiger charge is -2.32. The molecule has 1 fully saturated rings. The highest BCUT2D eigenvalue weighted by Gasteiger charge is 2.25. The Morgan fingerprint density at radius 1 is 1.24 bits per heavy atom. The van der Waals surface area contributed by atoms with Gasteiger partial charge < -0.3 is 9.42 Å². The van der Waals surface area contributed by atoms with Crippen LogP contribution in [0.2, 0.25) is 0 Å². The summed E-state index contributed by atoms with van der Waals surface area (Å²) in [6.07, 6.45) is 3.68. The van der Waals surface area contributed by atoms with E-state index in [4.69, 9.17) is 4.52 Å². The first kappa shape index (κ1) is 19.2. The molecule has 4 rings (SSSR count). The summed E-state index contributed by atoms with van der Waals surface area (Å²) in [7, 11) is 0. The van der Waals surface area contributed by atoms with E-state index in [2.05, 4.69) is 20.5 Å². The molecule has 3 aromatic rings. The molecule has 8 nitrogen and oxygen atoms in total. The van der Waals surface area contributed by atoms with Crippen LogP contribution in [0.5, 0.6) is 0 Å². The predicted molar refractivity (Wildman–Crippen MR) is 102 cm³/mol. The molecule has 0 spiro atoms. The topological polar surface area (TPSA) is 89.9 Å². The number of nitrogens with zero attached hydrogens (tertiary/aromatic N) is 6. The number of carbonyl (C=O) groups excluding carboxylic acids is 1. The molecule has 0 radical (unpaired) electrons. The first-order chi connectivity index (χ1) is 14.0. The molecule has 1 aromatic carbocycles. The summed E-state index contributed by atoms with van der Waals surface area (Å²) in [5.41, 5.74) is 1.37. The number of aromatic nitrogens is 5. The second-order valence-corrected chi connectivity index (χ2v) is 7.61. The van der Waals surface area contributed by atoms with Gasteiger partial charge in [0.25, 0.3) is 5.89 Å². The number of likely N-dealkylation sites (tertiary alicyclic amines) is 1. The van der Waals surface area contributed by atoms with Gasteiger partial charge in [0.15, 0.2) is 11.5 Å². The first-order valence-electron chi connectivity index (χ1n) is 9.77. The Bertz CT molecular complexity index is 973. The standard InChI is InChI=1S/C20H23FN6O2/c1-13(2)19-22-20(29-24-19)17-12-27(25-23-17)16-7-9-26(10-8-16)18(28)11-14-3-5-15(21)6-4-14/h3-6,12-13,16H,7-11H2,1-2H3. The fourth-order valence-electron chi connectivity index (χ4n) is 3.40. The minimum absolute atomic E-state index is 0.0569. The van der Waals surface area contributed by atoms with E-state index in [1.54, 1.807) is 12.1 Å². The summed E-state index contributed by atoms with van der Waals surface area (Å²) < 4.78 is 20.1. The van der Waals surface area contributed by atoms with Gasteiger partial charge in [0.05, 0.1) is 18.7 Å². The summed E-state index contributed by atoms with van der Waals surface area (Å²) in [5, 5.41) is 12.3. The third kappa shape index (κ3) is 4.33. The Morgan fingerprint density at radius 2 is 1.97 bits per heavy atom. The van der Waals surface area contributed by atoms with E-state index in [-0.39, 0.29) is 30.1 Å². The lowest BCUT2D eigenvalue weighted by Crippen LogP contribution is -2.40. The molecular formula is C20H23FN6O2. The zero-order valence-electron chi connectivity index (χ0n) is 16.5. The third-order valence-electron chi connectivity index (χ3n) is 5.15. The Hall–Kier alpha value is -3.10. The summed E-state index contributed by atoms with van der Waals surface area (Å²) in [6, 6.07) is 6.23. The first-order valence-corrected chi connectivity index (χ1v) is 9.77. The molecule has 0 atom stereocenters. The fourth-order valence-corrected chi connectivity index (χ4v) is 3.40. The fraction of sp³-hybridized carbons (Fsp3) is 0.450. The lowest BCUT2D eigenvalue weighted by molar-refractivity contribution is -0.131. The van der Waals surface area contributed by atoms with Crippen molar-refractivity contribution in [2.45, 2.75) is 45.1 Å². The summed E-state index contributed by atoms with van der Waals surface area (Å²) in [6.45, 7) is 5.29. The maximum absolute atomic E-state index is 13.0. The third-order valence-corrected chi connectivity index (χ3v) is 5.15. The monoisotopic (exact) mass is 398 g/mol. The zero-order valence-corrected chi connectivity index (χ0v) is 16.5. The smallest absolute Gasteiger partial charge is 0.280 e. The van der Waals surface area contributed by atoms with Crippen LogP contribution in [0.25, 0.3) is 11.6 Å². The van der Waals surface area contributed by atoms with Gasteiger partial charge in [-0.3, -0.25) is 4.79 Å². The van der Waals surface area contributed by atoms with Crippen molar-refractivity contribution in [3.05, 3.63) is 47.7 Å². The number of halogens is 1. The molecule has 1 saturated heterocycles. The molecule has 0 saturated carbocycles. The Kier molecular flexibility index (Phi) is 5.37. The molecule has 0 bridgehead atoms. The summed E-state index contributed by atoms with van der Waals surface area (Å²) >= 11 is 0. The Balaban J connectivity index is 1.34. The van der Waals surface area contributed by atoms with Crippen molar-refractivity contribution >= 4 is 5.91 Å². The van der Waals surface area contributed by atoms with E-state index in [0.29, 0.717) is 30.5 Å². The highest BCUT2D eigenvalue weighted by atomic mass is 19.1. The zero-order chi connectivity index (χ0) is 20.4. The van der Waals surface area contributed by atoms with Gasteiger partial charge in [-0.25, -0.2) is 9.07 Å². The lowest BCUT2D eigenvalue weighted by atomic mass is 10.0. The van der Waals surface area contributed by atoms with E-state index in [0.717, 1.165) is 18.4 Å². The van der Waals surface area contributed by atoms with Gasteiger partial charge in [0.2, 0.25) is 5.91 Å². The van der Waals surface area contributed by atoms with E-state index >= 15 is 0 Å². The van der Waals surface area contributed by atoms with Crippen molar-refractivity contribution in [1.29, 1.82) is 0 Å². The molecule has 1 aliphatic rings. The second-order valence-electron chi connectivity index (χ2n) is 7.61. The molecule has 1 aliphatic heterocycles. The van der Waals surface area contributed by atoms with Crippen LogP contribution in [-0.2, 0) is 11.2 Å². The number of piperidine rings is 1. The molecule has 29 heavy (non-hydrogen) atoms. The van der Waals surface area contributed by atoms with E-state index in [9.17, 15) is 9.18 Å². The SMILES string of the molecule is CC(C)c1noc(-c2cn(C3CCN(C(=O)Cc4ccc(F)cc4)CC3)nn2)n1. The molecule has 1 amide bonds. The van der Waals surface area contributed by atoms with Crippen molar-refractivity contribution in [1.82, 2.24) is 30.0 Å². The maximum atomic E-state index is 13.0. The highest BCUT2D eigenvalue weighted by molar-refractivity contribution is 5.78. The van der Waals surface area contributed by atoms with Gasteiger partial charge in [0, 0.05) is 19.0 Å². The van der Waals surface area contributed by atoms with Gasteiger partial charge in [-0.2, -0.15) is 4.98 Å². The van der Waals surface area contributed by atoms with Crippen LogP contribution in [0.1, 0.15) is 50.0 Å². The molecule has 0 aliphatic carbocycles. The molecule has 9 heteroatoms. The van der Waals surface area contributed by atoms with Gasteiger partial charge in [0.1, 0.15) is 5.82 Å².